The highest BCUT2D eigenvalue weighted by molar-refractivity contribution is 7.89. The monoisotopic (exact) mass is 300 g/mol. The molecular weight excluding hydrogens is 279 g/mol. The van der Waals surface area contributed by atoms with Crippen LogP contribution in [0.5, 0.6) is 0 Å². The number of sulfonamides is 1. The third-order valence-electron chi connectivity index (χ3n) is 3.16. The van der Waals surface area contributed by atoms with E-state index in [9.17, 15) is 12.8 Å². The maximum atomic E-state index is 14.0. The minimum Gasteiger partial charge on any atom is -0.310 e. The van der Waals surface area contributed by atoms with E-state index in [1.165, 1.54) is 12.1 Å². The molecule has 0 aromatic heterocycles. The van der Waals surface area contributed by atoms with E-state index < -0.39 is 10.0 Å². The zero-order chi connectivity index (χ0) is 14.9. The van der Waals surface area contributed by atoms with E-state index in [1.807, 2.05) is 0 Å². The average Bonchev–Trinajstić information content (AvgIpc) is 3.13. The Morgan fingerprint density at radius 1 is 1.35 bits per heavy atom. The second-order valence-electron chi connectivity index (χ2n) is 5.64. The quantitative estimate of drug-likeness (QED) is 0.845. The largest absolute Gasteiger partial charge is 0.310 e. The Hall–Kier alpha value is -0.980. The van der Waals surface area contributed by atoms with Crippen molar-refractivity contribution in [1.29, 1.82) is 0 Å². The number of nitrogens with one attached hydrogen (secondary N) is 2. The first-order valence-corrected chi connectivity index (χ1v) is 8.32. The molecule has 6 heteroatoms. The van der Waals surface area contributed by atoms with Crippen LogP contribution in [0.3, 0.4) is 0 Å². The molecule has 0 saturated heterocycles. The van der Waals surface area contributed by atoms with Crippen molar-refractivity contribution in [2.75, 3.05) is 0 Å². The molecule has 20 heavy (non-hydrogen) atoms. The summed E-state index contributed by atoms with van der Waals surface area (Å²) in [5.41, 5.74) is 0.755. The van der Waals surface area contributed by atoms with E-state index in [4.69, 9.17) is 0 Å². The van der Waals surface area contributed by atoms with Gasteiger partial charge in [0, 0.05) is 24.2 Å². The van der Waals surface area contributed by atoms with Gasteiger partial charge in [-0.25, -0.2) is 17.5 Å². The molecule has 0 amide bonds. The summed E-state index contributed by atoms with van der Waals surface area (Å²) in [6, 6.07) is 3.05. The van der Waals surface area contributed by atoms with Gasteiger partial charge in [0.05, 0.1) is 4.90 Å². The van der Waals surface area contributed by atoms with Gasteiger partial charge in [-0.2, -0.15) is 0 Å². The summed E-state index contributed by atoms with van der Waals surface area (Å²) in [6.45, 7) is 5.46. The fraction of sp³-hybridized carbons (Fsp3) is 0.571. The molecule has 2 rings (SSSR count). The highest BCUT2D eigenvalue weighted by Gasteiger charge is 2.22. The number of aryl methyl sites for hydroxylation is 1. The van der Waals surface area contributed by atoms with E-state index in [0.717, 1.165) is 12.8 Å². The Labute approximate surface area is 119 Å². The number of hydrogen-bond donors (Lipinski definition) is 2. The van der Waals surface area contributed by atoms with Crippen LogP contribution in [0.1, 0.15) is 37.8 Å². The van der Waals surface area contributed by atoms with Crippen LogP contribution in [0.4, 0.5) is 4.39 Å². The molecule has 1 aliphatic rings. The van der Waals surface area contributed by atoms with Gasteiger partial charge in [-0.1, -0.05) is 0 Å². The van der Waals surface area contributed by atoms with Crippen molar-refractivity contribution in [2.45, 2.75) is 57.1 Å². The van der Waals surface area contributed by atoms with E-state index in [0.29, 0.717) is 23.7 Å². The van der Waals surface area contributed by atoms with Crippen LogP contribution >= 0.6 is 0 Å². The summed E-state index contributed by atoms with van der Waals surface area (Å²) in [5.74, 6) is -0.332. The lowest BCUT2D eigenvalue weighted by Crippen LogP contribution is -2.30. The SMILES string of the molecule is Cc1cc(S(=O)(=O)NC(C)C)cc(CNC2CC2)c1F. The van der Waals surface area contributed by atoms with Gasteiger partial charge in [-0.15, -0.1) is 0 Å². The molecule has 0 radical (unpaired) electrons. The van der Waals surface area contributed by atoms with Crippen LogP contribution in [0, 0.1) is 12.7 Å². The molecule has 1 aromatic carbocycles. The zero-order valence-corrected chi connectivity index (χ0v) is 12.8. The molecule has 0 atom stereocenters. The average molecular weight is 300 g/mol. The Morgan fingerprint density at radius 3 is 2.55 bits per heavy atom. The fourth-order valence-electron chi connectivity index (χ4n) is 2.01. The van der Waals surface area contributed by atoms with Crippen LogP contribution < -0.4 is 10.0 Å². The van der Waals surface area contributed by atoms with E-state index in [1.54, 1.807) is 20.8 Å². The zero-order valence-electron chi connectivity index (χ0n) is 12.0. The fourth-order valence-corrected chi connectivity index (χ4v) is 3.40. The first kappa shape index (κ1) is 15.4. The lowest BCUT2D eigenvalue weighted by molar-refractivity contribution is 0.563. The van der Waals surface area contributed by atoms with Crippen LogP contribution in [0.25, 0.3) is 0 Å². The highest BCUT2D eigenvalue weighted by atomic mass is 32.2. The van der Waals surface area contributed by atoms with Gasteiger partial charge < -0.3 is 5.32 Å². The Morgan fingerprint density at radius 2 is 2.00 bits per heavy atom. The van der Waals surface area contributed by atoms with Gasteiger partial charge in [0.2, 0.25) is 10.0 Å². The lowest BCUT2D eigenvalue weighted by atomic mass is 10.1. The second kappa shape index (κ2) is 5.79. The molecule has 4 nitrogen and oxygen atoms in total. The molecule has 1 fully saturated rings. The van der Waals surface area contributed by atoms with Gasteiger partial charge in [-0.05, 0) is 51.3 Å². The van der Waals surface area contributed by atoms with Crippen LogP contribution in [0.2, 0.25) is 0 Å². The predicted molar refractivity (Wildman–Crippen MR) is 76.5 cm³/mol. The van der Waals surface area contributed by atoms with Gasteiger partial charge in [0.25, 0.3) is 0 Å². The molecule has 0 aliphatic heterocycles. The third-order valence-corrected chi connectivity index (χ3v) is 4.80. The van der Waals surface area contributed by atoms with Crippen molar-refractivity contribution in [2.24, 2.45) is 0 Å². The summed E-state index contributed by atoms with van der Waals surface area (Å²) < 4.78 is 40.9. The minimum atomic E-state index is -3.59. The number of rotatable bonds is 6. The Kier molecular flexibility index (Phi) is 4.46. The van der Waals surface area contributed by atoms with Crippen LogP contribution in [-0.2, 0) is 16.6 Å². The van der Waals surface area contributed by atoms with Crippen molar-refractivity contribution in [3.05, 3.63) is 29.1 Å². The molecule has 2 N–H and O–H groups in total. The van der Waals surface area contributed by atoms with Crippen molar-refractivity contribution in [1.82, 2.24) is 10.0 Å². The normalized spacial score (nSPS) is 15.8. The maximum absolute atomic E-state index is 14.0. The maximum Gasteiger partial charge on any atom is 0.240 e. The molecule has 1 saturated carbocycles. The topological polar surface area (TPSA) is 58.2 Å². The molecule has 112 valence electrons. The highest BCUT2D eigenvalue weighted by Crippen LogP contribution is 2.22. The molecular formula is C14H21FN2O2S. The van der Waals surface area contributed by atoms with Crippen LogP contribution in [-0.4, -0.2) is 20.5 Å². The first-order valence-electron chi connectivity index (χ1n) is 6.84. The number of hydrogen-bond acceptors (Lipinski definition) is 3. The standard InChI is InChI=1S/C14H21FN2O2S/c1-9(2)17-20(18,19)13-6-10(3)14(15)11(7-13)8-16-12-4-5-12/h6-7,9,12,16-17H,4-5,8H2,1-3H3. The van der Waals surface area contributed by atoms with Crippen molar-refractivity contribution in [3.63, 3.8) is 0 Å². The third kappa shape index (κ3) is 3.77. The van der Waals surface area contributed by atoms with E-state index in [-0.39, 0.29) is 16.8 Å². The van der Waals surface area contributed by atoms with Gasteiger partial charge in [-0.3, -0.25) is 0 Å². The molecule has 0 spiro atoms. The second-order valence-corrected chi connectivity index (χ2v) is 7.36. The molecule has 1 aliphatic carbocycles. The minimum absolute atomic E-state index is 0.123. The van der Waals surface area contributed by atoms with Gasteiger partial charge >= 0.3 is 0 Å². The van der Waals surface area contributed by atoms with Crippen LogP contribution in [0.15, 0.2) is 17.0 Å². The summed E-state index contributed by atoms with van der Waals surface area (Å²) in [7, 11) is -3.59. The Balaban J connectivity index is 2.29. The summed E-state index contributed by atoms with van der Waals surface area (Å²) >= 11 is 0. The molecule has 0 heterocycles. The van der Waals surface area contributed by atoms with Crippen molar-refractivity contribution >= 4 is 10.0 Å². The Bertz CT molecular complexity index is 595. The first-order chi connectivity index (χ1) is 9.29. The summed E-state index contributed by atoms with van der Waals surface area (Å²) in [4.78, 5) is 0.123. The van der Waals surface area contributed by atoms with Crippen molar-refractivity contribution < 1.29 is 12.8 Å². The van der Waals surface area contributed by atoms with Gasteiger partial charge in [0.15, 0.2) is 0 Å². The lowest BCUT2D eigenvalue weighted by Gasteiger charge is -2.13. The van der Waals surface area contributed by atoms with E-state index in [2.05, 4.69) is 10.0 Å². The number of halogens is 1. The molecule has 0 unspecified atom stereocenters. The van der Waals surface area contributed by atoms with Gasteiger partial charge in [0.1, 0.15) is 5.82 Å². The smallest absolute Gasteiger partial charge is 0.240 e. The summed E-state index contributed by atoms with van der Waals surface area (Å²) in [5, 5.41) is 3.21. The predicted octanol–water partition coefficient (Wildman–Crippen LogP) is 2.07. The number of benzene rings is 1. The molecule has 1 aromatic rings. The van der Waals surface area contributed by atoms with E-state index >= 15 is 0 Å². The summed E-state index contributed by atoms with van der Waals surface area (Å²) in [6.07, 6.45) is 2.21. The molecule has 0 bridgehead atoms. The van der Waals surface area contributed by atoms with Crippen molar-refractivity contribution in [3.8, 4) is 0 Å².